The highest BCUT2D eigenvalue weighted by molar-refractivity contribution is 6.35. The van der Waals surface area contributed by atoms with Crippen molar-refractivity contribution in [2.45, 2.75) is 44.5 Å². The second-order valence-electron chi connectivity index (χ2n) is 11.7. The van der Waals surface area contributed by atoms with Crippen molar-refractivity contribution in [2.75, 3.05) is 51.3 Å². The zero-order valence-corrected chi connectivity index (χ0v) is 25.1. The molecule has 4 atom stereocenters. The Morgan fingerprint density at radius 3 is 2.70 bits per heavy atom. The smallest absolute Gasteiger partial charge is 0.350 e. The van der Waals surface area contributed by atoms with Gasteiger partial charge in [-0.3, -0.25) is 9.36 Å². The van der Waals surface area contributed by atoms with E-state index in [1.165, 1.54) is 12.1 Å². The van der Waals surface area contributed by atoms with E-state index in [0.717, 1.165) is 31.6 Å². The van der Waals surface area contributed by atoms with E-state index in [4.69, 9.17) is 21.1 Å². The molecule has 2 fully saturated rings. The van der Waals surface area contributed by atoms with Gasteiger partial charge >= 0.3 is 5.69 Å². The third kappa shape index (κ3) is 5.27. The molecule has 0 radical (unpaired) electrons. The summed E-state index contributed by atoms with van der Waals surface area (Å²) in [6.07, 6.45) is 2.23. The van der Waals surface area contributed by atoms with Gasteiger partial charge < -0.3 is 24.2 Å². The Labute approximate surface area is 253 Å². The minimum atomic E-state index is -0.800. The second-order valence-corrected chi connectivity index (χ2v) is 12.1. The minimum absolute atomic E-state index is 0.0378. The Kier molecular flexibility index (Phi) is 7.91. The third-order valence-electron chi connectivity index (χ3n) is 8.67. The number of anilines is 1. The van der Waals surface area contributed by atoms with Crippen LogP contribution in [0.1, 0.15) is 26.3 Å². The van der Waals surface area contributed by atoms with Crippen molar-refractivity contribution in [1.82, 2.24) is 19.4 Å². The summed E-state index contributed by atoms with van der Waals surface area (Å²) in [5.41, 5.74) is 0.215. The summed E-state index contributed by atoms with van der Waals surface area (Å²) < 4.78 is 43.0. The number of hydrogen-bond acceptors (Lipinski definition) is 7. The molecule has 1 amide bonds. The van der Waals surface area contributed by atoms with Crippen LogP contribution in [0.3, 0.4) is 0 Å². The number of halogens is 3. The number of nitrogens with zero attached hydrogens (tertiary/aromatic N) is 5. The molecule has 4 heterocycles. The maximum Gasteiger partial charge on any atom is 0.350 e. The molecule has 0 spiro atoms. The first-order valence-electron chi connectivity index (χ1n) is 14.4. The van der Waals surface area contributed by atoms with Gasteiger partial charge in [-0.15, -0.1) is 0 Å². The van der Waals surface area contributed by atoms with E-state index in [9.17, 15) is 14.0 Å². The summed E-state index contributed by atoms with van der Waals surface area (Å²) >= 11 is 6.84. The zero-order chi connectivity index (χ0) is 30.6. The van der Waals surface area contributed by atoms with Crippen LogP contribution in [0.15, 0.2) is 41.7 Å². The maximum atomic E-state index is 15.1. The summed E-state index contributed by atoms with van der Waals surface area (Å²) in [6, 6.07) is 4.06. The molecule has 2 saturated heterocycles. The number of rotatable bonds is 6. The molecule has 3 aliphatic rings. The van der Waals surface area contributed by atoms with Crippen LogP contribution in [-0.2, 0) is 9.53 Å². The fourth-order valence-corrected chi connectivity index (χ4v) is 6.76. The van der Waals surface area contributed by atoms with Crippen molar-refractivity contribution in [1.29, 1.82) is 0 Å². The molecule has 3 aromatic rings. The average molecular weight is 614 g/mol. The number of likely N-dealkylation sites (N-methyl/N-ethyl adjacent to an activating group) is 1. The summed E-state index contributed by atoms with van der Waals surface area (Å²) in [5.74, 6) is -1.05. The molecule has 9 nitrogen and oxygen atoms in total. The monoisotopic (exact) mass is 613 g/mol. The molecule has 0 bridgehead atoms. The quantitative estimate of drug-likeness (QED) is 0.385. The number of amides is 1. The highest BCUT2D eigenvalue weighted by Gasteiger charge is 2.36. The zero-order valence-electron chi connectivity index (χ0n) is 24.4. The van der Waals surface area contributed by atoms with E-state index in [2.05, 4.69) is 16.5 Å². The molecule has 0 aliphatic carbocycles. The molecule has 228 valence electrons. The molecular weight excluding hydrogens is 580 g/mol. The van der Waals surface area contributed by atoms with Crippen molar-refractivity contribution in [3.63, 3.8) is 0 Å². The SMILES string of the molecule is C=CC(=O)N1C[C@H](C)N(c2nc(=O)n3c4c(c(-c5ccc(F)cc5F)c(Cl)cc24)OC[C@@H]3CO[C@H]2CCN(C)C2)C[C@H]1C. The van der Waals surface area contributed by atoms with Gasteiger partial charge in [0.25, 0.3) is 0 Å². The predicted octanol–water partition coefficient (Wildman–Crippen LogP) is 4.26. The molecule has 6 rings (SSSR count). The summed E-state index contributed by atoms with van der Waals surface area (Å²) in [4.78, 5) is 36.8. The van der Waals surface area contributed by atoms with Gasteiger partial charge in [0.15, 0.2) is 5.75 Å². The first kappa shape index (κ1) is 29.5. The van der Waals surface area contributed by atoms with Crippen LogP contribution in [0, 0.1) is 11.6 Å². The van der Waals surface area contributed by atoms with Crippen LogP contribution in [0.5, 0.6) is 5.75 Å². The molecule has 1 aromatic heterocycles. The number of likely N-dealkylation sites (tertiary alicyclic amines) is 1. The number of benzene rings is 2. The molecule has 0 unspecified atom stereocenters. The van der Waals surface area contributed by atoms with E-state index in [0.29, 0.717) is 29.8 Å². The van der Waals surface area contributed by atoms with Crippen molar-refractivity contribution >= 4 is 34.2 Å². The van der Waals surface area contributed by atoms with E-state index in [1.807, 2.05) is 25.8 Å². The van der Waals surface area contributed by atoms with Crippen LogP contribution < -0.4 is 15.3 Å². The minimum Gasteiger partial charge on any atom is -0.488 e. The van der Waals surface area contributed by atoms with Crippen LogP contribution in [-0.4, -0.2) is 89.9 Å². The number of hydrogen-bond donors (Lipinski definition) is 0. The van der Waals surface area contributed by atoms with Gasteiger partial charge in [-0.25, -0.2) is 13.6 Å². The van der Waals surface area contributed by atoms with E-state index in [1.54, 1.807) is 15.5 Å². The normalized spacial score (nSPS) is 24.0. The summed E-state index contributed by atoms with van der Waals surface area (Å²) in [6.45, 7) is 10.4. The number of aromatic nitrogens is 2. The maximum absolute atomic E-state index is 15.1. The first-order chi connectivity index (χ1) is 20.6. The van der Waals surface area contributed by atoms with Gasteiger partial charge in [0.1, 0.15) is 24.1 Å². The van der Waals surface area contributed by atoms with Gasteiger partial charge in [0.2, 0.25) is 5.91 Å². The Morgan fingerprint density at radius 2 is 2.00 bits per heavy atom. The average Bonchev–Trinajstić information content (AvgIpc) is 3.40. The lowest BCUT2D eigenvalue weighted by Crippen LogP contribution is -2.58. The van der Waals surface area contributed by atoms with E-state index < -0.39 is 23.4 Å². The van der Waals surface area contributed by atoms with Gasteiger partial charge in [0.05, 0.1) is 29.3 Å². The molecule has 43 heavy (non-hydrogen) atoms. The lowest BCUT2D eigenvalue weighted by atomic mass is 9.99. The van der Waals surface area contributed by atoms with Gasteiger partial charge in [-0.1, -0.05) is 18.2 Å². The molecule has 3 aliphatic heterocycles. The first-order valence-corrected chi connectivity index (χ1v) is 14.8. The lowest BCUT2D eigenvalue weighted by molar-refractivity contribution is -0.128. The van der Waals surface area contributed by atoms with Crippen LogP contribution in [0.4, 0.5) is 14.6 Å². The van der Waals surface area contributed by atoms with Gasteiger partial charge in [-0.2, -0.15) is 4.98 Å². The highest BCUT2D eigenvalue weighted by atomic mass is 35.5. The summed E-state index contributed by atoms with van der Waals surface area (Å²) in [5, 5.41) is 0.727. The van der Waals surface area contributed by atoms with Crippen molar-refractivity contribution in [3.05, 3.63) is 64.1 Å². The highest BCUT2D eigenvalue weighted by Crippen LogP contribution is 2.47. The second kappa shape index (κ2) is 11.5. The number of carbonyl (C=O) groups is 1. The Balaban J connectivity index is 1.51. The predicted molar refractivity (Wildman–Crippen MR) is 161 cm³/mol. The Morgan fingerprint density at radius 1 is 1.21 bits per heavy atom. The topological polar surface area (TPSA) is 80.1 Å². The van der Waals surface area contributed by atoms with Crippen LogP contribution >= 0.6 is 11.6 Å². The molecule has 0 N–H and O–H groups in total. The molecule has 2 aromatic carbocycles. The third-order valence-corrected chi connectivity index (χ3v) is 8.97. The Hall–Kier alpha value is -3.54. The van der Waals surface area contributed by atoms with E-state index in [-0.39, 0.29) is 59.2 Å². The fraction of sp³-hybridized carbons (Fsp3) is 0.452. The number of ether oxygens (including phenoxy) is 2. The standard InChI is InChI=1S/C31H34ClF2N5O4/c1-5-26(40)37-12-18(3)38(13-17(37)2)30-23-11-24(32)27(22-7-6-19(33)10-25(22)34)29-28(23)39(31(41)35-30)20(16-43-29)15-42-21-8-9-36(4)14-21/h5-7,10-11,17-18,20-21H,1,8-9,12-16H2,2-4H3/t17-,18+,20+,21+/m1/s1. The van der Waals surface area contributed by atoms with Crippen molar-refractivity contribution in [2.24, 2.45) is 0 Å². The largest absolute Gasteiger partial charge is 0.488 e. The summed E-state index contributed by atoms with van der Waals surface area (Å²) in [7, 11) is 2.04. The van der Waals surface area contributed by atoms with Crippen molar-refractivity contribution < 1.29 is 23.0 Å². The van der Waals surface area contributed by atoms with E-state index >= 15 is 4.39 Å². The number of piperazine rings is 1. The lowest BCUT2D eigenvalue weighted by Gasteiger charge is -2.45. The van der Waals surface area contributed by atoms with Gasteiger partial charge in [-0.05, 0) is 51.6 Å². The van der Waals surface area contributed by atoms with Crippen LogP contribution in [0.25, 0.3) is 22.0 Å². The molecular formula is C31H34ClF2N5O4. The number of carbonyl (C=O) groups excluding carboxylic acids is 1. The fourth-order valence-electron chi connectivity index (χ4n) is 6.47. The van der Waals surface area contributed by atoms with Crippen LogP contribution in [0.2, 0.25) is 5.02 Å². The molecule has 0 saturated carbocycles. The molecule has 12 heteroatoms. The Bertz CT molecular complexity index is 1670. The van der Waals surface area contributed by atoms with Crippen molar-refractivity contribution in [3.8, 4) is 16.9 Å². The van der Waals surface area contributed by atoms with Gasteiger partial charge in [0, 0.05) is 60.8 Å².